The molecule has 0 spiro atoms. The van der Waals surface area contributed by atoms with E-state index in [1.165, 1.54) is 12.1 Å². The zero-order valence-electron chi connectivity index (χ0n) is 12.2. The summed E-state index contributed by atoms with van der Waals surface area (Å²) < 4.78 is 25.3. The Kier molecular flexibility index (Phi) is 4.08. The number of carbonyl (C=O) groups excluding carboxylic acids is 1. The van der Waals surface area contributed by atoms with Crippen LogP contribution in [0.4, 0.5) is 0 Å². The van der Waals surface area contributed by atoms with Crippen LogP contribution in [-0.4, -0.2) is 14.2 Å². The van der Waals surface area contributed by atoms with Crippen LogP contribution in [-0.2, 0) is 9.84 Å². The fourth-order valence-corrected chi connectivity index (χ4v) is 3.62. The molecule has 0 aliphatic heterocycles. The minimum Gasteiger partial charge on any atom is -0.289 e. The second-order valence-electron chi connectivity index (χ2n) is 5.04. The molecule has 23 heavy (non-hydrogen) atoms. The summed E-state index contributed by atoms with van der Waals surface area (Å²) in [6, 6.07) is 23.1. The van der Waals surface area contributed by atoms with Gasteiger partial charge in [0, 0.05) is 11.1 Å². The van der Waals surface area contributed by atoms with Crippen molar-refractivity contribution in [3.8, 4) is 0 Å². The van der Waals surface area contributed by atoms with Crippen LogP contribution in [0.25, 0.3) is 0 Å². The highest BCUT2D eigenvalue weighted by atomic mass is 32.2. The maximum atomic E-state index is 12.6. The third-order valence-corrected chi connectivity index (χ3v) is 5.26. The number of ketones is 1. The van der Waals surface area contributed by atoms with Gasteiger partial charge in [-0.15, -0.1) is 0 Å². The molecule has 4 heteroatoms. The van der Waals surface area contributed by atoms with Gasteiger partial charge < -0.3 is 0 Å². The fourth-order valence-electron chi connectivity index (χ4n) is 2.30. The molecule has 0 radical (unpaired) electrons. The van der Waals surface area contributed by atoms with Crippen molar-refractivity contribution >= 4 is 15.6 Å². The van der Waals surface area contributed by atoms with E-state index in [1.807, 2.05) is 6.07 Å². The van der Waals surface area contributed by atoms with Crippen LogP contribution in [0.1, 0.15) is 15.9 Å². The predicted molar refractivity (Wildman–Crippen MR) is 88.2 cm³/mol. The first-order valence-corrected chi connectivity index (χ1v) is 8.57. The first kappa shape index (κ1) is 15.2. The smallest absolute Gasteiger partial charge is 0.206 e. The van der Waals surface area contributed by atoms with E-state index in [4.69, 9.17) is 0 Å². The minimum atomic E-state index is -3.63. The summed E-state index contributed by atoms with van der Waals surface area (Å²) >= 11 is 0. The Hall–Kier alpha value is -2.72. The van der Waals surface area contributed by atoms with Crippen LogP contribution in [0.2, 0.25) is 0 Å². The Labute approximate surface area is 135 Å². The molecule has 0 unspecified atom stereocenters. The zero-order chi connectivity index (χ0) is 16.3. The number of hydrogen-bond donors (Lipinski definition) is 0. The van der Waals surface area contributed by atoms with Crippen molar-refractivity contribution in [2.24, 2.45) is 0 Å². The summed E-state index contributed by atoms with van der Waals surface area (Å²) in [5, 5.41) is 0. The van der Waals surface area contributed by atoms with Gasteiger partial charge in [0.05, 0.1) is 9.79 Å². The molecule has 114 valence electrons. The van der Waals surface area contributed by atoms with Crippen LogP contribution < -0.4 is 0 Å². The molecule has 0 atom stereocenters. The monoisotopic (exact) mass is 322 g/mol. The van der Waals surface area contributed by atoms with E-state index in [0.717, 1.165) is 0 Å². The van der Waals surface area contributed by atoms with Crippen molar-refractivity contribution < 1.29 is 13.2 Å². The maximum absolute atomic E-state index is 12.6. The van der Waals surface area contributed by atoms with Crippen molar-refractivity contribution in [1.29, 1.82) is 0 Å². The molecule has 0 amide bonds. The minimum absolute atomic E-state index is 0.116. The van der Waals surface area contributed by atoms with E-state index in [2.05, 4.69) is 0 Å². The van der Waals surface area contributed by atoms with Crippen molar-refractivity contribution in [1.82, 2.24) is 0 Å². The van der Waals surface area contributed by atoms with Crippen LogP contribution in [0.3, 0.4) is 0 Å². The lowest BCUT2D eigenvalue weighted by atomic mass is 10.0. The standard InChI is InChI=1S/C19H14O3S/c20-19(15-8-3-1-4-9-15)16-10-7-13-18(14-16)23(21,22)17-11-5-2-6-12-17/h1-14H. The first-order valence-electron chi connectivity index (χ1n) is 7.09. The highest BCUT2D eigenvalue weighted by molar-refractivity contribution is 7.91. The lowest BCUT2D eigenvalue weighted by Gasteiger charge is -2.07. The number of sulfone groups is 1. The summed E-state index contributed by atoms with van der Waals surface area (Å²) in [7, 11) is -3.63. The average Bonchev–Trinajstić information content (AvgIpc) is 2.62. The predicted octanol–water partition coefficient (Wildman–Crippen LogP) is 3.75. The Balaban J connectivity index is 2.03. The van der Waals surface area contributed by atoms with E-state index >= 15 is 0 Å². The number of rotatable bonds is 4. The topological polar surface area (TPSA) is 51.2 Å². The molecule has 0 heterocycles. The van der Waals surface area contributed by atoms with Gasteiger partial charge in [0.15, 0.2) is 5.78 Å². The van der Waals surface area contributed by atoms with Gasteiger partial charge in [-0.3, -0.25) is 4.79 Å². The number of hydrogen-bond acceptors (Lipinski definition) is 3. The molecule has 0 aliphatic carbocycles. The van der Waals surface area contributed by atoms with Crippen LogP contribution in [0, 0.1) is 0 Å². The third-order valence-electron chi connectivity index (χ3n) is 3.50. The Morgan fingerprint density at radius 1 is 0.609 bits per heavy atom. The van der Waals surface area contributed by atoms with Gasteiger partial charge >= 0.3 is 0 Å². The fraction of sp³-hybridized carbons (Fsp3) is 0. The van der Waals surface area contributed by atoms with E-state index in [-0.39, 0.29) is 15.6 Å². The molecule has 0 aliphatic rings. The van der Waals surface area contributed by atoms with Gasteiger partial charge in [-0.05, 0) is 24.3 Å². The molecular formula is C19H14O3S. The van der Waals surface area contributed by atoms with Gasteiger partial charge in [0.2, 0.25) is 9.84 Å². The first-order chi connectivity index (χ1) is 11.1. The second-order valence-corrected chi connectivity index (χ2v) is 6.99. The van der Waals surface area contributed by atoms with E-state index in [9.17, 15) is 13.2 Å². The molecule has 0 bridgehead atoms. The van der Waals surface area contributed by atoms with Gasteiger partial charge in [-0.1, -0.05) is 60.7 Å². The van der Waals surface area contributed by atoms with Gasteiger partial charge in [-0.2, -0.15) is 0 Å². The lowest BCUT2D eigenvalue weighted by Crippen LogP contribution is -2.05. The Bertz CT molecular complexity index is 931. The maximum Gasteiger partial charge on any atom is 0.206 e. The molecule has 3 rings (SSSR count). The van der Waals surface area contributed by atoms with E-state index < -0.39 is 9.84 Å². The van der Waals surface area contributed by atoms with Crippen LogP contribution in [0.15, 0.2) is 94.7 Å². The van der Waals surface area contributed by atoms with Crippen LogP contribution >= 0.6 is 0 Å². The van der Waals surface area contributed by atoms with Crippen LogP contribution in [0.5, 0.6) is 0 Å². The quantitative estimate of drug-likeness (QED) is 0.687. The zero-order valence-corrected chi connectivity index (χ0v) is 13.0. The summed E-state index contributed by atoms with van der Waals surface area (Å²) in [5.74, 6) is -0.198. The largest absolute Gasteiger partial charge is 0.289 e. The van der Waals surface area contributed by atoms with Gasteiger partial charge in [-0.25, -0.2) is 8.42 Å². The number of benzene rings is 3. The second kappa shape index (κ2) is 6.18. The molecule has 0 aromatic heterocycles. The third kappa shape index (κ3) is 3.07. The molecular weight excluding hydrogens is 308 g/mol. The highest BCUT2D eigenvalue weighted by Gasteiger charge is 2.19. The molecule has 0 saturated carbocycles. The molecule has 3 nitrogen and oxygen atoms in total. The molecule has 0 N–H and O–H groups in total. The Morgan fingerprint density at radius 3 is 1.78 bits per heavy atom. The summed E-state index contributed by atoms with van der Waals surface area (Å²) in [4.78, 5) is 12.8. The normalized spacial score (nSPS) is 11.1. The lowest BCUT2D eigenvalue weighted by molar-refractivity contribution is 0.103. The highest BCUT2D eigenvalue weighted by Crippen LogP contribution is 2.22. The molecule has 0 fully saturated rings. The number of carbonyl (C=O) groups is 1. The average molecular weight is 322 g/mol. The molecule has 3 aromatic carbocycles. The van der Waals surface area contributed by atoms with Crippen molar-refractivity contribution in [3.63, 3.8) is 0 Å². The van der Waals surface area contributed by atoms with E-state index in [1.54, 1.807) is 66.7 Å². The molecule has 0 saturated heterocycles. The summed E-state index contributed by atoms with van der Waals surface area (Å²) in [6.45, 7) is 0. The van der Waals surface area contributed by atoms with Crippen molar-refractivity contribution in [2.75, 3.05) is 0 Å². The summed E-state index contributed by atoms with van der Waals surface area (Å²) in [5.41, 5.74) is 0.884. The van der Waals surface area contributed by atoms with Crippen molar-refractivity contribution in [2.45, 2.75) is 9.79 Å². The molecule has 3 aromatic rings. The Morgan fingerprint density at radius 2 is 1.13 bits per heavy atom. The van der Waals surface area contributed by atoms with E-state index in [0.29, 0.717) is 11.1 Å². The summed E-state index contributed by atoms with van der Waals surface area (Å²) in [6.07, 6.45) is 0. The van der Waals surface area contributed by atoms with Gasteiger partial charge in [0.25, 0.3) is 0 Å². The SMILES string of the molecule is O=C(c1ccccc1)c1cccc(S(=O)(=O)c2ccccc2)c1. The van der Waals surface area contributed by atoms with Crippen molar-refractivity contribution in [3.05, 3.63) is 96.1 Å². The van der Waals surface area contributed by atoms with Gasteiger partial charge in [0.1, 0.15) is 0 Å².